The van der Waals surface area contributed by atoms with Crippen LogP contribution in [-0.4, -0.2) is 35.1 Å². The number of nitrogens with zero attached hydrogens (tertiary/aromatic N) is 2. The number of likely N-dealkylation sites (tertiary alicyclic amines) is 1. The second kappa shape index (κ2) is 4.94. The van der Waals surface area contributed by atoms with Crippen molar-refractivity contribution in [2.45, 2.75) is 18.9 Å². The number of ether oxygens (including phenoxy) is 1. The van der Waals surface area contributed by atoms with Gasteiger partial charge in [0.25, 0.3) is 0 Å². The van der Waals surface area contributed by atoms with Gasteiger partial charge in [0.1, 0.15) is 0 Å². The van der Waals surface area contributed by atoms with Gasteiger partial charge in [-0.15, -0.1) is 0 Å². The zero-order valence-electron chi connectivity index (χ0n) is 9.00. The van der Waals surface area contributed by atoms with Crippen molar-refractivity contribution in [3.8, 4) is 5.75 Å². The molecule has 0 bridgehead atoms. The Hall–Kier alpha value is -1.62. The molecule has 0 radical (unpaired) electrons. The van der Waals surface area contributed by atoms with Gasteiger partial charge in [-0.05, 0) is 25.0 Å². The van der Waals surface area contributed by atoms with E-state index in [0.717, 1.165) is 12.8 Å². The minimum Gasteiger partial charge on any atom is -0.409 e. The van der Waals surface area contributed by atoms with Gasteiger partial charge in [0, 0.05) is 25.3 Å². The van der Waals surface area contributed by atoms with Crippen LogP contribution in [0.4, 0.5) is 4.79 Å². The van der Waals surface area contributed by atoms with E-state index < -0.39 is 0 Å². The molecule has 5 nitrogen and oxygen atoms in total. The largest absolute Gasteiger partial charge is 0.415 e. The average molecular weight is 221 g/mol. The molecule has 86 valence electrons. The van der Waals surface area contributed by atoms with E-state index >= 15 is 0 Å². The second-order valence-electron chi connectivity index (χ2n) is 3.91. The van der Waals surface area contributed by atoms with Crippen LogP contribution in [0.15, 0.2) is 24.5 Å². The molecule has 1 amide bonds. The third kappa shape index (κ3) is 2.70. The molecule has 2 rings (SSSR count). The van der Waals surface area contributed by atoms with Crippen LogP contribution < -0.4 is 10.5 Å². The first-order valence-electron chi connectivity index (χ1n) is 5.38. The lowest BCUT2D eigenvalue weighted by Crippen LogP contribution is -2.46. The molecule has 1 aromatic heterocycles. The molecule has 1 aliphatic rings. The van der Waals surface area contributed by atoms with Crippen LogP contribution in [0.2, 0.25) is 0 Å². The van der Waals surface area contributed by atoms with Gasteiger partial charge in [-0.25, -0.2) is 4.79 Å². The Kier molecular flexibility index (Phi) is 3.36. The Morgan fingerprint density at radius 2 is 2.50 bits per heavy atom. The molecule has 1 atom stereocenters. The first-order chi connectivity index (χ1) is 7.75. The third-order valence-corrected chi connectivity index (χ3v) is 2.56. The van der Waals surface area contributed by atoms with E-state index in [4.69, 9.17) is 10.5 Å². The Morgan fingerprint density at radius 3 is 3.19 bits per heavy atom. The lowest BCUT2D eigenvalue weighted by atomic mass is 10.1. The van der Waals surface area contributed by atoms with Crippen molar-refractivity contribution in [2.24, 2.45) is 5.73 Å². The van der Waals surface area contributed by atoms with Crippen LogP contribution in [0, 0.1) is 0 Å². The maximum absolute atomic E-state index is 11.7. The third-order valence-electron chi connectivity index (χ3n) is 2.56. The highest BCUT2D eigenvalue weighted by Crippen LogP contribution is 2.12. The van der Waals surface area contributed by atoms with Crippen molar-refractivity contribution in [3.63, 3.8) is 0 Å². The van der Waals surface area contributed by atoms with E-state index in [9.17, 15) is 4.79 Å². The molecule has 0 saturated carbocycles. The summed E-state index contributed by atoms with van der Waals surface area (Å²) >= 11 is 0. The molecule has 2 heterocycles. The van der Waals surface area contributed by atoms with Crippen LogP contribution in [0.3, 0.4) is 0 Å². The number of carbonyl (C=O) groups is 1. The topological polar surface area (TPSA) is 68.5 Å². The fraction of sp³-hybridized carbons (Fsp3) is 0.455. The summed E-state index contributed by atoms with van der Waals surface area (Å²) in [6.45, 7) is 1.28. The molecule has 16 heavy (non-hydrogen) atoms. The van der Waals surface area contributed by atoms with E-state index in [0.29, 0.717) is 18.8 Å². The number of piperidine rings is 1. The summed E-state index contributed by atoms with van der Waals surface area (Å²) in [5.74, 6) is 0.464. The fourth-order valence-corrected chi connectivity index (χ4v) is 1.75. The Balaban J connectivity index is 1.93. The summed E-state index contributed by atoms with van der Waals surface area (Å²) < 4.78 is 5.17. The van der Waals surface area contributed by atoms with E-state index in [2.05, 4.69) is 4.98 Å². The van der Waals surface area contributed by atoms with Gasteiger partial charge in [-0.3, -0.25) is 4.98 Å². The predicted molar refractivity (Wildman–Crippen MR) is 59.0 cm³/mol. The van der Waals surface area contributed by atoms with Gasteiger partial charge < -0.3 is 15.4 Å². The number of hydrogen-bond donors (Lipinski definition) is 1. The highest BCUT2D eigenvalue weighted by molar-refractivity contribution is 5.70. The summed E-state index contributed by atoms with van der Waals surface area (Å²) in [5.41, 5.74) is 5.79. The summed E-state index contributed by atoms with van der Waals surface area (Å²) in [6.07, 6.45) is 4.71. The minimum absolute atomic E-state index is 0.0650. The van der Waals surface area contributed by atoms with Gasteiger partial charge >= 0.3 is 6.09 Å². The maximum Gasteiger partial charge on any atom is 0.415 e. The molecular formula is C11H15N3O2. The number of hydrogen-bond acceptors (Lipinski definition) is 4. The summed E-state index contributed by atoms with van der Waals surface area (Å²) in [5, 5.41) is 0. The van der Waals surface area contributed by atoms with Crippen molar-refractivity contribution in [1.29, 1.82) is 0 Å². The molecule has 2 N–H and O–H groups in total. The van der Waals surface area contributed by atoms with Crippen LogP contribution >= 0.6 is 0 Å². The van der Waals surface area contributed by atoms with E-state index in [-0.39, 0.29) is 12.1 Å². The molecule has 1 saturated heterocycles. The number of aromatic nitrogens is 1. The van der Waals surface area contributed by atoms with Crippen molar-refractivity contribution >= 4 is 6.09 Å². The highest BCUT2D eigenvalue weighted by atomic mass is 16.6. The lowest BCUT2D eigenvalue weighted by molar-refractivity contribution is 0.137. The SMILES string of the molecule is NC1CCCN(C(=O)Oc2cccnc2)C1. The monoisotopic (exact) mass is 221 g/mol. The molecule has 0 aromatic carbocycles. The molecule has 5 heteroatoms. The molecule has 1 aliphatic heterocycles. The van der Waals surface area contributed by atoms with Crippen LogP contribution in [0.1, 0.15) is 12.8 Å². The molecule has 0 spiro atoms. The van der Waals surface area contributed by atoms with E-state index in [1.807, 2.05) is 0 Å². The second-order valence-corrected chi connectivity index (χ2v) is 3.91. The summed E-state index contributed by atoms with van der Waals surface area (Å²) in [7, 11) is 0. The standard InChI is InChI=1S/C11H15N3O2/c12-9-3-2-6-14(8-9)11(15)16-10-4-1-5-13-7-10/h1,4-5,7,9H,2-3,6,8,12H2. The van der Waals surface area contributed by atoms with Crippen molar-refractivity contribution in [1.82, 2.24) is 9.88 Å². The molecule has 1 aromatic rings. The van der Waals surface area contributed by atoms with Crippen LogP contribution in [-0.2, 0) is 0 Å². The first-order valence-corrected chi connectivity index (χ1v) is 5.38. The quantitative estimate of drug-likeness (QED) is 0.768. The number of rotatable bonds is 1. The smallest absolute Gasteiger partial charge is 0.409 e. The molecular weight excluding hydrogens is 206 g/mol. The van der Waals surface area contributed by atoms with Gasteiger partial charge in [-0.2, -0.15) is 0 Å². The van der Waals surface area contributed by atoms with Crippen molar-refractivity contribution in [2.75, 3.05) is 13.1 Å². The number of nitrogens with two attached hydrogens (primary N) is 1. The Bertz CT molecular complexity index is 356. The zero-order valence-corrected chi connectivity index (χ0v) is 9.00. The van der Waals surface area contributed by atoms with Crippen LogP contribution in [0.25, 0.3) is 0 Å². The number of pyridine rings is 1. The lowest BCUT2D eigenvalue weighted by Gasteiger charge is -2.29. The highest BCUT2D eigenvalue weighted by Gasteiger charge is 2.22. The first kappa shape index (κ1) is 10.9. The summed E-state index contributed by atoms with van der Waals surface area (Å²) in [4.78, 5) is 17.3. The number of amides is 1. The van der Waals surface area contributed by atoms with Gasteiger partial charge in [0.05, 0.1) is 6.20 Å². The molecule has 1 fully saturated rings. The Morgan fingerprint density at radius 1 is 1.62 bits per heavy atom. The summed E-state index contributed by atoms with van der Waals surface area (Å²) in [6, 6.07) is 3.49. The van der Waals surface area contributed by atoms with E-state index in [1.165, 1.54) is 6.20 Å². The molecule has 0 aliphatic carbocycles. The van der Waals surface area contributed by atoms with Gasteiger partial charge in [0.15, 0.2) is 5.75 Å². The zero-order chi connectivity index (χ0) is 11.4. The predicted octanol–water partition coefficient (Wildman–Crippen LogP) is 1.00. The van der Waals surface area contributed by atoms with Crippen molar-refractivity contribution in [3.05, 3.63) is 24.5 Å². The van der Waals surface area contributed by atoms with Gasteiger partial charge in [0.2, 0.25) is 0 Å². The fourth-order valence-electron chi connectivity index (χ4n) is 1.75. The minimum atomic E-state index is -0.344. The number of carbonyl (C=O) groups excluding carboxylic acids is 1. The molecule has 1 unspecified atom stereocenters. The van der Waals surface area contributed by atoms with Gasteiger partial charge in [-0.1, -0.05) is 0 Å². The van der Waals surface area contributed by atoms with E-state index in [1.54, 1.807) is 23.2 Å². The Labute approximate surface area is 94.2 Å². The maximum atomic E-state index is 11.7. The normalized spacial score (nSPS) is 20.6. The average Bonchev–Trinajstić information content (AvgIpc) is 2.30. The van der Waals surface area contributed by atoms with Crippen LogP contribution in [0.5, 0.6) is 5.75 Å². The van der Waals surface area contributed by atoms with Crippen molar-refractivity contribution < 1.29 is 9.53 Å².